The van der Waals surface area contributed by atoms with Crippen molar-refractivity contribution in [2.75, 3.05) is 19.0 Å². The van der Waals surface area contributed by atoms with Gasteiger partial charge in [0.05, 0.1) is 30.5 Å². The summed E-state index contributed by atoms with van der Waals surface area (Å²) in [6.07, 6.45) is 1.61. The maximum absolute atomic E-state index is 13.6. The lowest BCUT2D eigenvalue weighted by atomic mass is 10.1. The van der Waals surface area contributed by atoms with Crippen LogP contribution >= 0.6 is 11.6 Å². The first-order valence-electron chi connectivity index (χ1n) is 9.86. The number of hydrogen-bond acceptors (Lipinski definition) is 5. The van der Waals surface area contributed by atoms with Gasteiger partial charge in [-0.1, -0.05) is 35.9 Å². The number of anilines is 1. The molecule has 7 nitrogen and oxygen atoms in total. The second-order valence-electron chi connectivity index (χ2n) is 6.82. The van der Waals surface area contributed by atoms with E-state index in [1.807, 2.05) is 0 Å². The molecule has 3 aromatic carbocycles. The molecule has 0 saturated heterocycles. The summed E-state index contributed by atoms with van der Waals surface area (Å²) < 4.78 is 24.1. The highest BCUT2D eigenvalue weighted by molar-refractivity contribution is 6.32. The largest absolute Gasteiger partial charge is 0.497 e. The third-order valence-corrected chi connectivity index (χ3v) is 4.68. The zero-order valence-electron chi connectivity index (χ0n) is 17.7. The molecule has 0 spiro atoms. The smallest absolute Gasteiger partial charge is 0.262 e. The number of carbonyl (C=O) groups is 2. The van der Waals surface area contributed by atoms with Crippen LogP contribution in [0.2, 0.25) is 5.02 Å². The Labute approximate surface area is 195 Å². The summed E-state index contributed by atoms with van der Waals surface area (Å²) in [5.41, 5.74) is 3.96. The number of nitrogens with zero attached hydrogens (tertiary/aromatic N) is 1. The summed E-state index contributed by atoms with van der Waals surface area (Å²) in [6.45, 7) is -0.344. The van der Waals surface area contributed by atoms with Crippen molar-refractivity contribution in [3.63, 3.8) is 0 Å². The molecule has 0 unspecified atom stereocenters. The summed E-state index contributed by atoms with van der Waals surface area (Å²) in [5, 5.41) is 6.60. The van der Waals surface area contributed by atoms with E-state index >= 15 is 0 Å². The Balaban J connectivity index is 1.48. The Morgan fingerprint density at radius 1 is 1.06 bits per heavy atom. The number of methoxy groups -OCH3 is 1. The van der Waals surface area contributed by atoms with Crippen LogP contribution in [0.25, 0.3) is 0 Å². The van der Waals surface area contributed by atoms with Gasteiger partial charge in [-0.15, -0.1) is 0 Å². The molecule has 0 aliphatic heterocycles. The van der Waals surface area contributed by atoms with E-state index in [4.69, 9.17) is 21.1 Å². The lowest BCUT2D eigenvalue weighted by molar-refractivity contribution is -0.120. The van der Waals surface area contributed by atoms with Gasteiger partial charge in [-0.05, 0) is 53.6 Å². The summed E-state index contributed by atoms with van der Waals surface area (Å²) in [6, 6.07) is 17.8. The van der Waals surface area contributed by atoms with E-state index < -0.39 is 11.7 Å². The van der Waals surface area contributed by atoms with E-state index in [2.05, 4.69) is 15.8 Å². The molecule has 9 heteroatoms. The molecule has 170 valence electrons. The fourth-order valence-electron chi connectivity index (χ4n) is 2.75. The van der Waals surface area contributed by atoms with Crippen molar-refractivity contribution in [1.29, 1.82) is 0 Å². The molecule has 2 amide bonds. The lowest BCUT2D eigenvalue weighted by Crippen LogP contribution is -2.20. The number of carbonyl (C=O) groups excluding carboxylic acids is 2. The van der Waals surface area contributed by atoms with Gasteiger partial charge in [0.25, 0.3) is 5.91 Å². The van der Waals surface area contributed by atoms with Gasteiger partial charge in [0, 0.05) is 0 Å². The average Bonchev–Trinajstić information content (AvgIpc) is 2.80. The molecule has 3 rings (SSSR count). The van der Waals surface area contributed by atoms with E-state index in [1.54, 1.807) is 55.6 Å². The fraction of sp³-hybridized carbons (Fsp3) is 0.125. The van der Waals surface area contributed by atoms with Crippen LogP contribution in [0.15, 0.2) is 71.8 Å². The predicted octanol–water partition coefficient (Wildman–Crippen LogP) is 4.20. The Morgan fingerprint density at radius 3 is 2.52 bits per heavy atom. The van der Waals surface area contributed by atoms with Gasteiger partial charge < -0.3 is 14.8 Å². The van der Waals surface area contributed by atoms with Gasteiger partial charge >= 0.3 is 0 Å². The number of ether oxygens (including phenoxy) is 2. The number of benzene rings is 3. The molecule has 0 radical (unpaired) electrons. The van der Waals surface area contributed by atoms with Gasteiger partial charge in [0.1, 0.15) is 17.3 Å². The average molecular weight is 470 g/mol. The molecule has 0 bridgehead atoms. The van der Waals surface area contributed by atoms with Crippen molar-refractivity contribution in [2.24, 2.45) is 5.10 Å². The minimum atomic E-state index is -0.538. The van der Waals surface area contributed by atoms with Crippen LogP contribution in [0.4, 0.5) is 10.1 Å². The van der Waals surface area contributed by atoms with E-state index in [-0.39, 0.29) is 35.4 Å². The summed E-state index contributed by atoms with van der Waals surface area (Å²) >= 11 is 6.20. The molecular formula is C24H21ClFN3O4. The van der Waals surface area contributed by atoms with E-state index in [9.17, 15) is 14.0 Å². The minimum absolute atomic E-state index is 0.0674. The Kier molecular flexibility index (Phi) is 8.37. The Morgan fingerprint density at radius 2 is 1.82 bits per heavy atom. The highest BCUT2D eigenvalue weighted by Crippen LogP contribution is 2.25. The molecule has 3 aromatic rings. The molecule has 0 aliphatic carbocycles. The number of hydrazone groups is 1. The first-order chi connectivity index (χ1) is 15.9. The molecule has 0 heterocycles. The molecule has 2 N–H and O–H groups in total. The molecule has 0 aromatic heterocycles. The van der Waals surface area contributed by atoms with Crippen molar-refractivity contribution in [3.05, 3.63) is 88.7 Å². The van der Waals surface area contributed by atoms with Crippen LogP contribution in [0, 0.1) is 5.82 Å². The zero-order chi connectivity index (χ0) is 23.6. The zero-order valence-corrected chi connectivity index (χ0v) is 18.4. The van der Waals surface area contributed by atoms with E-state index in [1.165, 1.54) is 24.4 Å². The number of halogens is 2. The lowest BCUT2D eigenvalue weighted by Gasteiger charge is -2.09. The highest BCUT2D eigenvalue weighted by Gasteiger charge is 2.09. The van der Waals surface area contributed by atoms with Crippen molar-refractivity contribution >= 4 is 35.3 Å². The number of rotatable bonds is 9. The topological polar surface area (TPSA) is 89.0 Å². The molecule has 0 saturated carbocycles. The van der Waals surface area contributed by atoms with Crippen molar-refractivity contribution < 1.29 is 23.5 Å². The standard InChI is InChI=1S/C24H21ClFN3O4/c1-32-18-9-6-16(7-10-18)13-23(30)29-27-14-17-8-11-22(19(25)12-17)33-15-24(31)28-21-5-3-2-4-20(21)26/h2-12,14H,13,15H2,1H3,(H,28,31)(H,29,30)/b27-14+. The molecule has 0 fully saturated rings. The van der Waals surface area contributed by atoms with Crippen molar-refractivity contribution in [1.82, 2.24) is 5.43 Å². The third-order valence-electron chi connectivity index (χ3n) is 4.39. The SMILES string of the molecule is COc1ccc(CC(=O)N/N=C/c2ccc(OCC(=O)Nc3ccccc3F)c(Cl)c2)cc1. The fourth-order valence-corrected chi connectivity index (χ4v) is 3.00. The van der Waals surface area contributed by atoms with Gasteiger partial charge in [-0.25, -0.2) is 9.82 Å². The number of hydrogen-bond donors (Lipinski definition) is 2. The minimum Gasteiger partial charge on any atom is -0.497 e. The van der Waals surface area contributed by atoms with E-state index in [0.717, 1.165) is 5.56 Å². The second kappa shape index (κ2) is 11.6. The molecule has 0 atom stereocenters. The number of amides is 2. The van der Waals surface area contributed by atoms with Gasteiger partial charge in [0.15, 0.2) is 6.61 Å². The number of nitrogens with one attached hydrogen (secondary N) is 2. The molecule has 0 aliphatic rings. The Hall–Kier alpha value is -3.91. The summed E-state index contributed by atoms with van der Waals surface area (Å²) in [7, 11) is 1.58. The quantitative estimate of drug-likeness (QED) is 0.363. The normalized spacial score (nSPS) is 10.6. The molecule has 33 heavy (non-hydrogen) atoms. The van der Waals surface area contributed by atoms with Gasteiger partial charge in [-0.2, -0.15) is 5.10 Å². The highest BCUT2D eigenvalue weighted by atomic mass is 35.5. The first-order valence-corrected chi connectivity index (χ1v) is 10.2. The third kappa shape index (κ3) is 7.33. The Bertz CT molecular complexity index is 1150. The van der Waals surface area contributed by atoms with Crippen LogP contribution in [-0.4, -0.2) is 31.7 Å². The first kappa shape index (κ1) is 23.7. The summed E-state index contributed by atoms with van der Waals surface area (Å²) in [4.78, 5) is 24.0. The van der Waals surface area contributed by atoms with Crippen molar-refractivity contribution in [2.45, 2.75) is 6.42 Å². The molecular weight excluding hydrogens is 449 g/mol. The monoisotopic (exact) mass is 469 g/mol. The van der Waals surface area contributed by atoms with Crippen LogP contribution in [0.5, 0.6) is 11.5 Å². The number of para-hydroxylation sites is 1. The summed E-state index contributed by atoms with van der Waals surface area (Å²) in [5.74, 6) is -0.346. The van der Waals surface area contributed by atoms with Gasteiger partial charge in [0.2, 0.25) is 5.91 Å². The van der Waals surface area contributed by atoms with Crippen LogP contribution in [-0.2, 0) is 16.0 Å². The maximum atomic E-state index is 13.6. The van der Waals surface area contributed by atoms with Crippen LogP contribution < -0.4 is 20.2 Å². The predicted molar refractivity (Wildman–Crippen MR) is 124 cm³/mol. The second-order valence-corrected chi connectivity index (χ2v) is 7.23. The van der Waals surface area contributed by atoms with Gasteiger partial charge in [-0.3, -0.25) is 9.59 Å². The maximum Gasteiger partial charge on any atom is 0.262 e. The van der Waals surface area contributed by atoms with Crippen LogP contribution in [0.1, 0.15) is 11.1 Å². The van der Waals surface area contributed by atoms with Crippen LogP contribution in [0.3, 0.4) is 0 Å². The van der Waals surface area contributed by atoms with E-state index in [0.29, 0.717) is 11.3 Å². The van der Waals surface area contributed by atoms with Crippen molar-refractivity contribution in [3.8, 4) is 11.5 Å².